The van der Waals surface area contributed by atoms with Crippen LogP contribution >= 0.6 is 0 Å². The molecule has 0 aliphatic heterocycles. The topological polar surface area (TPSA) is 49.8 Å². The summed E-state index contributed by atoms with van der Waals surface area (Å²) in [6.07, 6.45) is 25.1. The number of hydrogen-bond acceptors (Lipinski definition) is 4. The van der Waals surface area contributed by atoms with Gasteiger partial charge in [0.2, 0.25) is 0 Å². The van der Waals surface area contributed by atoms with Crippen molar-refractivity contribution in [2.75, 3.05) is 20.2 Å². The summed E-state index contributed by atoms with van der Waals surface area (Å²) in [6, 6.07) is 0. The molecule has 4 rings (SSSR count). The Labute approximate surface area is 240 Å². The number of fused-ring (bicyclic) bond motifs is 5. The van der Waals surface area contributed by atoms with Crippen molar-refractivity contribution in [3.8, 4) is 0 Å². The van der Waals surface area contributed by atoms with Gasteiger partial charge in [0, 0.05) is 20.0 Å². The van der Waals surface area contributed by atoms with Crippen molar-refractivity contribution in [2.24, 2.45) is 34.5 Å². The average Bonchev–Trinajstić information content (AvgIpc) is 2.91. The maximum Gasteiger partial charge on any atom is 0.155 e. The van der Waals surface area contributed by atoms with Crippen molar-refractivity contribution in [1.29, 1.82) is 0 Å². The van der Waals surface area contributed by atoms with E-state index in [1.807, 2.05) is 5.06 Å². The molecule has 4 heteroatoms. The Hall–Kier alpha value is -0.710. The number of aliphatic hydroxyl groups excluding tert-OH is 1. The summed E-state index contributed by atoms with van der Waals surface area (Å²) in [5.41, 5.74) is 1.82. The standard InChI is InChI=1S/C35H61NO3/c1-5-6-23-36(4)39-24-14-12-10-8-7-9-11-13-16-27-25-28-26-29(37)19-21-34(28,2)31-20-22-35(3)30(33(27)31)17-15-18-32(35)38/h26-27,30-33,38H,5-25H2,1-4H3/t27-,30?,31?,32+,33?,34+,35+/m1/s1. The maximum absolute atomic E-state index is 12.4. The summed E-state index contributed by atoms with van der Waals surface area (Å²) >= 11 is 0. The lowest BCUT2D eigenvalue weighted by Gasteiger charge is -2.63. The lowest BCUT2D eigenvalue weighted by molar-refractivity contribution is -0.148. The molecule has 3 fully saturated rings. The lowest BCUT2D eigenvalue weighted by atomic mass is 9.42. The van der Waals surface area contributed by atoms with Crippen LogP contribution in [0.2, 0.25) is 0 Å². The molecule has 3 unspecified atom stereocenters. The first-order valence-electron chi connectivity index (χ1n) is 17.1. The van der Waals surface area contributed by atoms with E-state index in [9.17, 15) is 9.90 Å². The number of unbranched alkanes of at least 4 members (excludes halogenated alkanes) is 8. The summed E-state index contributed by atoms with van der Waals surface area (Å²) < 4.78 is 0. The number of hydrogen-bond donors (Lipinski definition) is 1. The Bertz CT molecular complexity index is 810. The predicted octanol–water partition coefficient (Wildman–Crippen LogP) is 8.67. The molecule has 3 saturated carbocycles. The molecule has 0 amide bonds. The summed E-state index contributed by atoms with van der Waals surface area (Å²) in [4.78, 5) is 18.2. The monoisotopic (exact) mass is 543 g/mol. The van der Waals surface area contributed by atoms with Crippen LogP contribution in [0.5, 0.6) is 0 Å². The van der Waals surface area contributed by atoms with E-state index < -0.39 is 0 Å². The molecule has 0 saturated heterocycles. The summed E-state index contributed by atoms with van der Waals surface area (Å²) in [5, 5.41) is 13.1. The second-order valence-electron chi connectivity index (χ2n) is 14.5. The van der Waals surface area contributed by atoms with Crippen LogP contribution in [0.25, 0.3) is 0 Å². The number of carbonyl (C=O) groups is 1. The summed E-state index contributed by atoms with van der Waals surface area (Å²) in [6.45, 7) is 9.04. The van der Waals surface area contributed by atoms with Gasteiger partial charge < -0.3 is 5.11 Å². The zero-order chi connectivity index (χ0) is 27.9. The zero-order valence-electron chi connectivity index (χ0n) is 26.0. The number of carbonyl (C=O) groups excluding carboxylic acids is 1. The molecule has 224 valence electrons. The van der Waals surface area contributed by atoms with E-state index in [4.69, 9.17) is 4.84 Å². The van der Waals surface area contributed by atoms with E-state index in [0.717, 1.165) is 44.8 Å². The van der Waals surface area contributed by atoms with Gasteiger partial charge in [-0.3, -0.25) is 9.63 Å². The molecule has 0 heterocycles. The van der Waals surface area contributed by atoms with Crippen LogP contribution in [0.15, 0.2) is 11.6 Å². The van der Waals surface area contributed by atoms with E-state index in [1.54, 1.807) is 0 Å². The van der Waals surface area contributed by atoms with Gasteiger partial charge in [0.05, 0.1) is 12.7 Å². The second kappa shape index (κ2) is 14.5. The minimum Gasteiger partial charge on any atom is -0.393 e. The van der Waals surface area contributed by atoms with E-state index in [1.165, 1.54) is 102 Å². The third kappa shape index (κ3) is 7.39. The second-order valence-corrected chi connectivity index (χ2v) is 14.5. The molecule has 1 N–H and O–H groups in total. The molecule has 7 atom stereocenters. The van der Waals surface area contributed by atoms with Crippen molar-refractivity contribution in [1.82, 2.24) is 5.06 Å². The molecular formula is C35H61NO3. The van der Waals surface area contributed by atoms with Crippen LogP contribution in [0.4, 0.5) is 0 Å². The van der Waals surface area contributed by atoms with Crippen molar-refractivity contribution >= 4 is 5.78 Å². The Morgan fingerprint density at radius 1 is 0.949 bits per heavy atom. The predicted molar refractivity (Wildman–Crippen MR) is 161 cm³/mol. The quantitative estimate of drug-likeness (QED) is 0.166. The van der Waals surface area contributed by atoms with E-state index in [-0.39, 0.29) is 16.9 Å². The minimum absolute atomic E-state index is 0.107. The van der Waals surface area contributed by atoms with Crippen molar-refractivity contribution in [2.45, 2.75) is 149 Å². The fourth-order valence-corrected chi connectivity index (χ4v) is 9.40. The fraction of sp³-hybridized carbons (Fsp3) is 0.914. The van der Waals surface area contributed by atoms with Gasteiger partial charge in [-0.1, -0.05) is 84.1 Å². The number of rotatable bonds is 15. The largest absolute Gasteiger partial charge is 0.393 e. The first-order valence-corrected chi connectivity index (χ1v) is 17.1. The molecular weight excluding hydrogens is 482 g/mol. The smallest absolute Gasteiger partial charge is 0.155 e. The van der Waals surface area contributed by atoms with Crippen molar-refractivity contribution in [3.05, 3.63) is 11.6 Å². The SMILES string of the molecule is CCCCN(C)OCCCCCCCCCC[C@@H]1CC2=CC(=O)CC[C@]2(C)C2CC[C@@]3(C)C(CCC[C@@H]3O)C21. The van der Waals surface area contributed by atoms with Crippen LogP contribution in [-0.2, 0) is 9.63 Å². The van der Waals surface area contributed by atoms with Gasteiger partial charge in [-0.15, -0.1) is 0 Å². The minimum atomic E-state index is -0.121. The van der Waals surface area contributed by atoms with Gasteiger partial charge in [-0.25, -0.2) is 0 Å². The third-order valence-corrected chi connectivity index (χ3v) is 11.9. The van der Waals surface area contributed by atoms with Crippen molar-refractivity contribution in [3.63, 3.8) is 0 Å². The highest BCUT2D eigenvalue weighted by atomic mass is 16.7. The first kappa shape index (κ1) is 31.2. The van der Waals surface area contributed by atoms with Gasteiger partial charge in [0.1, 0.15) is 0 Å². The van der Waals surface area contributed by atoms with Gasteiger partial charge in [-0.05, 0) is 98.4 Å². The highest BCUT2D eigenvalue weighted by Crippen LogP contribution is 2.66. The van der Waals surface area contributed by atoms with Crippen molar-refractivity contribution < 1.29 is 14.7 Å². The number of nitrogens with zero attached hydrogens (tertiary/aromatic N) is 1. The van der Waals surface area contributed by atoms with Gasteiger partial charge >= 0.3 is 0 Å². The Morgan fingerprint density at radius 2 is 1.67 bits per heavy atom. The van der Waals surface area contributed by atoms with E-state index in [2.05, 4.69) is 33.9 Å². The molecule has 39 heavy (non-hydrogen) atoms. The molecule has 0 radical (unpaired) electrons. The lowest BCUT2D eigenvalue weighted by Crippen LogP contribution is -2.57. The molecule has 0 spiro atoms. The van der Waals surface area contributed by atoms with E-state index >= 15 is 0 Å². The van der Waals surface area contributed by atoms with Crippen LogP contribution in [0.1, 0.15) is 143 Å². The van der Waals surface area contributed by atoms with Crippen LogP contribution in [0, 0.1) is 34.5 Å². The van der Waals surface area contributed by atoms with Crippen LogP contribution in [0.3, 0.4) is 0 Å². The van der Waals surface area contributed by atoms with Gasteiger partial charge in [0.15, 0.2) is 5.78 Å². The highest BCUT2D eigenvalue weighted by Gasteiger charge is 2.59. The highest BCUT2D eigenvalue weighted by molar-refractivity contribution is 5.91. The zero-order valence-corrected chi connectivity index (χ0v) is 26.0. The van der Waals surface area contributed by atoms with Crippen LogP contribution < -0.4 is 0 Å². The Morgan fingerprint density at radius 3 is 2.41 bits per heavy atom. The number of ketones is 1. The number of hydroxylamine groups is 2. The molecule has 4 aliphatic rings. The number of aliphatic hydroxyl groups is 1. The van der Waals surface area contributed by atoms with Crippen LogP contribution in [-0.4, -0.2) is 42.3 Å². The molecule has 0 aromatic carbocycles. The Kier molecular flexibility index (Phi) is 11.6. The maximum atomic E-state index is 12.4. The van der Waals surface area contributed by atoms with Gasteiger partial charge in [0.25, 0.3) is 0 Å². The average molecular weight is 544 g/mol. The van der Waals surface area contributed by atoms with E-state index in [0.29, 0.717) is 23.5 Å². The molecule has 0 aromatic rings. The third-order valence-electron chi connectivity index (χ3n) is 11.9. The molecule has 4 nitrogen and oxygen atoms in total. The number of allylic oxidation sites excluding steroid dienone is 2. The molecule has 0 aromatic heterocycles. The summed E-state index contributed by atoms with van der Waals surface area (Å²) in [5.74, 6) is 3.16. The fourth-order valence-electron chi connectivity index (χ4n) is 9.40. The van der Waals surface area contributed by atoms with Gasteiger partial charge in [-0.2, -0.15) is 5.06 Å². The Balaban J connectivity index is 1.22. The molecule has 4 aliphatic carbocycles. The summed E-state index contributed by atoms with van der Waals surface area (Å²) in [7, 11) is 2.05. The normalized spacial score (nSPS) is 36.3. The molecule has 0 bridgehead atoms. The first-order chi connectivity index (χ1) is 18.8.